The minimum absolute atomic E-state index is 0.152. The summed E-state index contributed by atoms with van der Waals surface area (Å²) in [6.07, 6.45) is 1.07. The second-order valence-electron chi connectivity index (χ2n) is 9.61. The van der Waals surface area contributed by atoms with Crippen LogP contribution in [-0.4, -0.2) is 30.2 Å². The summed E-state index contributed by atoms with van der Waals surface area (Å²) in [7, 11) is 0. The van der Waals surface area contributed by atoms with Crippen molar-refractivity contribution >= 4 is 41.2 Å². The van der Waals surface area contributed by atoms with Crippen LogP contribution in [0.1, 0.15) is 43.9 Å². The first kappa shape index (κ1) is 30.0. The summed E-state index contributed by atoms with van der Waals surface area (Å²) in [6, 6.07) is 19.5. The van der Waals surface area contributed by atoms with Crippen molar-refractivity contribution in [3.63, 3.8) is 0 Å². The number of benzene rings is 3. The zero-order valence-electron chi connectivity index (χ0n) is 22.4. The molecule has 0 aliphatic heterocycles. The van der Waals surface area contributed by atoms with Gasteiger partial charge < -0.3 is 14.8 Å². The van der Waals surface area contributed by atoms with E-state index in [1.807, 2.05) is 63.2 Å². The van der Waals surface area contributed by atoms with E-state index in [9.17, 15) is 9.59 Å². The fourth-order valence-electron chi connectivity index (χ4n) is 3.67. The lowest BCUT2D eigenvalue weighted by Gasteiger charge is -2.22. The molecule has 39 heavy (non-hydrogen) atoms. The van der Waals surface area contributed by atoms with E-state index in [2.05, 4.69) is 21.9 Å². The smallest absolute Gasteiger partial charge is 0.262 e. The molecular formula is C30H33Cl2N3O4. The molecule has 7 nitrogen and oxygen atoms in total. The van der Waals surface area contributed by atoms with Crippen molar-refractivity contribution in [2.75, 3.05) is 0 Å². The molecule has 0 aromatic heterocycles. The van der Waals surface area contributed by atoms with Gasteiger partial charge in [-0.3, -0.25) is 9.59 Å². The van der Waals surface area contributed by atoms with Gasteiger partial charge in [0, 0.05) is 5.02 Å². The lowest BCUT2D eigenvalue weighted by Crippen LogP contribution is -2.49. The number of carbonyl (C=O) groups excluding carboxylic acids is 2. The largest absolute Gasteiger partial charge is 0.489 e. The highest BCUT2D eigenvalue weighted by molar-refractivity contribution is 6.35. The highest BCUT2D eigenvalue weighted by Crippen LogP contribution is 2.28. The Labute approximate surface area is 239 Å². The number of aryl methyl sites for hydroxylation is 1. The van der Waals surface area contributed by atoms with E-state index >= 15 is 0 Å². The first-order chi connectivity index (χ1) is 18.6. The zero-order valence-corrected chi connectivity index (χ0v) is 23.9. The summed E-state index contributed by atoms with van der Waals surface area (Å²) >= 11 is 12.1. The molecule has 0 spiro atoms. The normalized spacial score (nSPS) is 12.7. The van der Waals surface area contributed by atoms with Gasteiger partial charge in [0.2, 0.25) is 0 Å². The number of carbonyl (C=O) groups is 2. The Bertz CT molecular complexity index is 1300. The van der Waals surface area contributed by atoms with E-state index in [4.69, 9.17) is 32.7 Å². The second-order valence-corrected chi connectivity index (χ2v) is 10.5. The number of halogens is 2. The van der Waals surface area contributed by atoms with Crippen molar-refractivity contribution < 1.29 is 19.1 Å². The molecule has 0 fully saturated rings. The number of hydrogen-bond donors (Lipinski definition) is 2. The minimum atomic E-state index is -0.888. The maximum Gasteiger partial charge on any atom is 0.262 e. The minimum Gasteiger partial charge on any atom is -0.489 e. The fourth-order valence-corrected chi connectivity index (χ4v) is 4.13. The van der Waals surface area contributed by atoms with Gasteiger partial charge in [-0.25, -0.2) is 5.43 Å². The Balaban J connectivity index is 1.53. The van der Waals surface area contributed by atoms with Crippen molar-refractivity contribution in [1.82, 2.24) is 10.7 Å². The number of rotatable bonds is 12. The molecule has 206 valence electrons. The van der Waals surface area contributed by atoms with Gasteiger partial charge in [0.15, 0.2) is 6.10 Å². The molecule has 3 aromatic rings. The topological polar surface area (TPSA) is 89.0 Å². The maximum atomic E-state index is 12.8. The predicted octanol–water partition coefficient (Wildman–Crippen LogP) is 6.33. The van der Waals surface area contributed by atoms with Gasteiger partial charge in [-0.05, 0) is 79.8 Å². The van der Waals surface area contributed by atoms with Crippen LogP contribution in [0.3, 0.4) is 0 Å². The summed E-state index contributed by atoms with van der Waals surface area (Å²) in [4.78, 5) is 25.6. The first-order valence-electron chi connectivity index (χ1n) is 12.6. The molecule has 2 amide bonds. The molecule has 0 bridgehead atoms. The number of hydrazone groups is 1. The van der Waals surface area contributed by atoms with E-state index in [0.29, 0.717) is 28.8 Å². The summed E-state index contributed by atoms with van der Waals surface area (Å²) in [5.41, 5.74) is 5.59. The van der Waals surface area contributed by atoms with Crippen LogP contribution in [0.2, 0.25) is 10.0 Å². The third-order valence-electron chi connectivity index (χ3n) is 5.66. The van der Waals surface area contributed by atoms with Crippen molar-refractivity contribution in [2.45, 2.75) is 52.9 Å². The predicted molar refractivity (Wildman–Crippen MR) is 156 cm³/mol. The van der Waals surface area contributed by atoms with Gasteiger partial charge in [0.25, 0.3) is 11.8 Å². The third-order valence-corrected chi connectivity index (χ3v) is 6.19. The van der Waals surface area contributed by atoms with Crippen LogP contribution in [0, 0.1) is 12.8 Å². The Morgan fingerprint density at radius 1 is 0.974 bits per heavy atom. The lowest BCUT2D eigenvalue weighted by molar-refractivity contribution is -0.132. The van der Waals surface area contributed by atoms with Gasteiger partial charge >= 0.3 is 0 Å². The summed E-state index contributed by atoms with van der Waals surface area (Å²) in [5.74, 6) is 0.327. The lowest BCUT2D eigenvalue weighted by atomic mass is 10.0. The standard InChI is InChI=1S/C30H33Cl2N3O4/c1-19(2)14-27(34-29(36)21(4)39-28-13-10-24(31)16-26(28)32)30(37)35-33-17-22-8-11-25(12-9-22)38-18-23-7-5-6-20(3)15-23/h5-13,15-17,19,21,27H,14,18H2,1-4H3,(H,34,36)(H,35,37)/b33-17-/t21-,27+/m1/s1. The van der Waals surface area contributed by atoms with E-state index in [1.165, 1.54) is 17.8 Å². The zero-order chi connectivity index (χ0) is 28.4. The van der Waals surface area contributed by atoms with Crippen LogP contribution < -0.4 is 20.2 Å². The summed E-state index contributed by atoms with van der Waals surface area (Å²) in [5, 5.41) is 7.56. The molecule has 3 rings (SSSR count). The van der Waals surface area contributed by atoms with Crippen molar-refractivity contribution in [3.05, 3.63) is 93.5 Å². The van der Waals surface area contributed by atoms with Crippen molar-refractivity contribution in [2.24, 2.45) is 11.0 Å². The van der Waals surface area contributed by atoms with Crippen LogP contribution in [0.15, 0.2) is 71.8 Å². The quantitative estimate of drug-likeness (QED) is 0.197. The average Bonchev–Trinajstić information content (AvgIpc) is 2.89. The Morgan fingerprint density at radius 2 is 1.72 bits per heavy atom. The molecule has 0 saturated heterocycles. The van der Waals surface area contributed by atoms with E-state index in [0.717, 1.165) is 16.9 Å². The van der Waals surface area contributed by atoms with Gasteiger partial charge in [-0.15, -0.1) is 0 Å². The van der Waals surface area contributed by atoms with Crippen LogP contribution >= 0.6 is 23.2 Å². The Kier molecular flexibility index (Phi) is 11.2. The molecule has 0 saturated carbocycles. The Morgan fingerprint density at radius 3 is 2.38 bits per heavy atom. The van der Waals surface area contributed by atoms with Crippen LogP contribution in [0.5, 0.6) is 11.5 Å². The van der Waals surface area contributed by atoms with Gasteiger partial charge in [-0.2, -0.15) is 5.10 Å². The summed E-state index contributed by atoms with van der Waals surface area (Å²) in [6.45, 7) is 8.03. The second kappa shape index (κ2) is 14.6. The molecule has 0 heterocycles. The average molecular weight is 571 g/mol. The number of hydrogen-bond acceptors (Lipinski definition) is 5. The van der Waals surface area contributed by atoms with Crippen LogP contribution in [0.25, 0.3) is 0 Å². The molecular weight excluding hydrogens is 537 g/mol. The highest BCUT2D eigenvalue weighted by Gasteiger charge is 2.25. The first-order valence-corrected chi connectivity index (χ1v) is 13.4. The molecule has 0 aliphatic rings. The SMILES string of the molecule is Cc1cccc(COc2ccc(/C=N\NC(=O)[C@H](CC(C)C)NC(=O)[C@@H](C)Oc3ccc(Cl)cc3Cl)cc2)c1. The van der Waals surface area contributed by atoms with Gasteiger partial charge in [-0.1, -0.05) is 66.9 Å². The molecule has 0 aliphatic carbocycles. The van der Waals surface area contributed by atoms with E-state index < -0.39 is 24.0 Å². The Hall–Kier alpha value is -3.55. The number of amides is 2. The monoisotopic (exact) mass is 569 g/mol. The van der Waals surface area contributed by atoms with Gasteiger partial charge in [0.05, 0.1) is 11.2 Å². The fraction of sp³-hybridized carbons (Fsp3) is 0.300. The van der Waals surface area contributed by atoms with E-state index in [-0.39, 0.29) is 5.92 Å². The third kappa shape index (κ3) is 9.93. The maximum absolute atomic E-state index is 12.8. The summed E-state index contributed by atoms with van der Waals surface area (Å²) < 4.78 is 11.5. The molecule has 3 aromatic carbocycles. The number of nitrogens with one attached hydrogen (secondary N) is 2. The number of ether oxygens (including phenoxy) is 2. The molecule has 0 radical (unpaired) electrons. The molecule has 0 unspecified atom stereocenters. The van der Waals surface area contributed by atoms with Crippen molar-refractivity contribution in [3.8, 4) is 11.5 Å². The van der Waals surface area contributed by atoms with Crippen molar-refractivity contribution in [1.29, 1.82) is 0 Å². The molecule has 2 N–H and O–H groups in total. The molecule has 9 heteroatoms. The van der Waals surface area contributed by atoms with Crippen LogP contribution in [0.4, 0.5) is 0 Å². The van der Waals surface area contributed by atoms with E-state index in [1.54, 1.807) is 19.1 Å². The van der Waals surface area contributed by atoms with Gasteiger partial charge in [0.1, 0.15) is 24.1 Å². The molecule has 2 atom stereocenters. The highest BCUT2D eigenvalue weighted by atomic mass is 35.5. The van der Waals surface area contributed by atoms with Crippen LogP contribution in [-0.2, 0) is 16.2 Å². The number of nitrogens with zero attached hydrogens (tertiary/aromatic N) is 1.